The first-order valence-electron chi connectivity index (χ1n) is 38.9. The molecule has 2 rings (SSSR count). The number of rotatable bonds is 63. The second kappa shape index (κ2) is 65.4. The molecule has 12 unspecified atom stereocenters. The lowest BCUT2D eigenvalue weighted by molar-refractivity contribution is -0.359. The van der Waals surface area contributed by atoms with Crippen LogP contribution in [0, 0.1) is 0 Å². The molecule has 556 valence electrons. The second-order valence-electron chi connectivity index (χ2n) is 26.8. The molecule has 1 amide bonds. The van der Waals surface area contributed by atoms with Crippen molar-refractivity contribution in [1.82, 2.24) is 5.32 Å². The Morgan fingerprint density at radius 2 is 0.711 bits per heavy atom. The SMILES string of the molecule is CC/C=C\C/C=C\C/C=C\C/C=C\C/C=C\C/C=C\C/C=C\C/C=C\C/C=C\C/C=C\CCCCCCCCC(=O)NC(COC1OC(CO)C(OC2OC(CO)C(O)C(O)C2O)C(O)C1O)C(O)/C=C/CCCCCCCCCCCCCCCCCCCCCCCCCC. The van der Waals surface area contributed by atoms with Crippen molar-refractivity contribution in [2.24, 2.45) is 0 Å². The maximum atomic E-state index is 13.4. The third kappa shape index (κ3) is 48.6. The van der Waals surface area contributed by atoms with E-state index in [9.17, 15) is 45.6 Å². The lowest BCUT2D eigenvalue weighted by Crippen LogP contribution is -2.65. The zero-order valence-electron chi connectivity index (χ0n) is 60.8. The zero-order valence-corrected chi connectivity index (χ0v) is 60.8. The van der Waals surface area contributed by atoms with Gasteiger partial charge in [0.15, 0.2) is 12.6 Å². The van der Waals surface area contributed by atoms with E-state index >= 15 is 0 Å². The summed E-state index contributed by atoms with van der Waals surface area (Å²) in [5.74, 6) is -0.256. The minimum Gasteiger partial charge on any atom is -0.394 e. The first kappa shape index (κ1) is 89.2. The molecule has 2 aliphatic rings. The van der Waals surface area contributed by atoms with E-state index < -0.39 is 86.8 Å². The molecule has 14 nitrogen and oxygen atoms in total. The molecule has 14 heteroatoms. The van der Waals surface area contributed by atoms with Crippen molar-refractivity contribution in [2.45, 2.75) is 364 Å². The Morgan fingerprint density at radius 3 is 1.09 bits per heavy atom. The maximum absolute atomic E-state index is 13.4. The second-order valence-corrected chi connectivity index (χ2v) is 26.8. The molecule has 0 aliphatic carbocycles. The number of allylic oxidation sites excluding steroid dienone is 21. The van der Waals surface area contributed by atoms with Gasteiger partial charge in [-0.3, -0.25) is 4.79 Å². The lowest BCUT2D eigenvalue weighted by Gasteiger charge is -2.46. The van der Waals surface area contributed by atoms with Crippen LogP contribution in [0.1, 0.15) is 290 Å². The number of hydrogen-bond donors (Lipinski definition) is 9. The van der Waals surface area contributed by atoms with E-state index in [1.54, 1.807) is 6.08 Å². The number of unbranched alkanes of at least 4 members (excludes halogenated alkanes) is 30. The Labute approximate surface area is 590 Å². The topological polar surface area (TPSA) is 228 Å². The van der Waals surface area contributed by atoms with E-state index in [1.807, 2.05) is 6.08 Å². The van der Waals surface area contributed by atoms with E-state index in [4.69, 9.17) is 18.9 Å². The Morgan fingerprint density at radius 1 is 0.381 bits per heavy atom. The number of carbonyl (C=O) groups is 1. The molecule has 0 saturated carbocycles. The Kier molecular flexibility index (Phi) is 60.2. The number of nitrogens with one attached hydrogen (secondary N) is 1. The van der Waals surface area contributed by atoms with Gasteiger partial charge in [-0.05, 0) is 96.3 Å². The van der Waals surface area contributed by atoms with Crippen molar-refractivity contribution in [3.05, 3.63) is 134 Å². The molecule has 0 spiro atoms. The molecule has 12 atom stereocenters. The van der Waals surface area contributed by atoms with Crippen LogP contribution in [0.4, 0.5) is 0 Å². The van der Waals surface area contributed by atoms with Crippen molar-refractivity contribution in [1.29, 1.82) is 0 Å². The van der Waals surface area contributed by atoms with Crippen LogP contribution >= 0.6 is 0 Å². The van der Waals surface area contributed by atoms with Crippen LogP contribution in [0.25, 0.3) is 0 Å². The predicted octanol–water partition coefficient (Wildman–Crippen LogP) is 17.4. The molecule has 2 heterocycles. The minimum atomic E-state index is -1.80. The Balaban J connectivity index is 1.66. The van der Waals surface area contributed by atoms with Crippen molar-refractivity contribution in [2.75, 3.05) is 19.8 Å². The number of aliphatic hydroxyl groups excluding tert-OH is 8. The molecule has 2 fully saturated rings. The summed E-state index contributed by atoms with van der Waals surface area (Å²) >= 11 is 0. The molecular weight excluding hydrogens is 1220 g/mol. The van der Waals surface area contributed by atoms with Gasteiger partial charge in [-0.25, -0.2) is 0 Å². The predicted molar refractivity (Wildman–Crippen MR) is 401 cm³/mol. The van der Waals surface area contributed by atoms with Gasteiger partial charge in [-0.15, -0.1) is 0 Å². The molecule has 2 aliphatic heterocycles. The standard InChI is InChI=1S/C83H141NO13/c1-3-5-7-9-11-13-15-17-19-21-23-25-27-29-31-32-33-34-35-36-37-38-39-40-41-43-45-47-49-51-53-55-57-59-61-63-65-67-75(88)84-71(70-94-82-80(93)78(91)81(74(69-86)96-82)97-83-79(92)77(90)76(89)73(68-85)95-83)72(87)66-64-62-60-58-56-54-52-50-48-46-44-42-30-28-26-24-22-20-18-16-14-12-10-8-6-4-2/h5,7,11,13,17,19,23,25,29,31,33-34,36-37,39-40,43,45,49,51,64,66,71-74,76-83,85-87,89-93H,3-4,6,8-10,12,14-16,18,20-22,24,26-28,30,32,35,38,41-42,44,46-48,50,52-63,65,67-70H2,1-2H3,(H,84,88)/b7-5-,13-11-,19-17-,25-23-,31-29-,34-33-,37-36-,40-39-,45-43-,51-49-,66-64+. The van der Waals surface area contributed by atoms with Crippen LogP contribution in [-0.2, 0) is 23.7 Å². The Bertz CT molecular complexity index is 2140. The summed E-state index contributed by atoms with van der Waals surface area (Å²) < 4.78 is 22.9. The number of hydrogen-bond acceptors (Lipinski definition) is 13. The lowest BCUT2D eigenvalue weighted by atomic mass is 9.97. The summed E-state index contributed by atoms with van der Waals surface area (Å²) in [5.41, 5.74) is 0. The minimum absolute atomic E-state index is 0.256. The van der Waals surface area contributed by atoms with Gasteiger partial charge < -0.3 is 65.1 Å². The molecule has 0 radical (unpaired) electrons. The fourth-order valence-corrected chi connectivity index (χ4v) is 12.0. The smallest absolute Gasteiger partial charge is 0.220 e. The molecule has 0 bridgehead atoms. The highest BCUT2D eigenvalue weighted by atomic mass is 16.7. The van der Waals surface area contributed by atoms with Crippen molar-refractivity contribution in [3.63, 3.8) is 0 Å². The van der Waals surface area contributed by atoms with Crippen LogP contribution < -0.4 is 5.32 Å². The van der Waals surface area contributed by atoms with Gasteiger partial charge in [0.05, 0.1) is 32.0 Å². The van der Waals surface area contributed by atoms with E-state index in [2.05, 4.69) is 141 Å². The van der Waals surface area contributed by atoms with Crippen LogP contribution in [0.15, 0.2) is 134 Å². The molecule has 97 heavy (non-hydrogen) atoms. The quantitative estimate of drug-likeness (QED) is 0.0204. The fourth-order valence-electron chi connectivity index (χ4n) is 12.0. The first-order chi connectivity index (χ1) is 47.6. The highest BCUT2D eigenvalue weighted by Crippen LogP contribution is 2.30. The fraction of sp³-hybridized carbons (Fsp3) is 0.723. The van der Waals surface area contributed by atoms with Crippen LogP contribution in [0.3, 0.4) is 0 Å². The summed E-state index contributed by atoms with van der Waals surface area (Å²) in [6.07, 6.45) is 80.8. The number of amides is 1. The third-order valence-electron chi connectivity index (χ3n) is 18.1. The van der Waals surface area contributed by atoms with Gasteiger partial charge >= 0.3 is 0 Å². The molecule has 9 N–H and O–H groups in total. The molecule has 0 aromatic heterocycles. The zero-order chi connectivity index (χ0) is 70.1. The summed E-state index contributed by atoms with van der Waals surface area (Å²) in [5, 5.41) is 87.6. The van der Waals surface area contributed by atoms with Gasteiger partial charge in [-0.1, -0.05) is 321 Å². The van der Waals surface area contributed by atoms with Crippen molar-refractivity contribution in [3.8, 4) is 0 Å². The molecule has 0 aromatic carbocycles. The highest BCUT2D eigenvalue weighted by Gasteiger charge is 2.51. The number of ether oxygens (including phenoxy) is 4. The number of carbonyl (C=O) groups excluding carboxylic acids is 1. The van der Waals surface area contributed by atoms with Gasteiger partial charge in [0, 0.05) is 6.42 Å². The van der Waals surface area contributed by atoms with E-state index in [-0.39, 0.29) is 18.9 Å². The van der Waals surface area contributed by atoms with Gasteiger partial charge in [0.25, 0.3) is 0 Å². The van der Waals surface area contributed by atoms with Gasteiger partial charge in [0.2, 0.25) is 5.91 Å². The van der Waals surface area contributed by atoms with Crippen molar-refractivity contribution >= 4 is 5.91 Å². The third-order valence-corrected chi connectivity index (χ3v) is 18.1. The van der Waals surface area contributed by atoms with Gasteiger partial charge in [0.1, 0.15) is 48.8 Å². The average Bonchev–Trinajstić information content (AvgIpc) is 0.794. The van der Waals surface area contributed by atoms with E-state index in [0.717, 1.165) is 122 Å². The van der Waals surface area contributed by atoms with Crippen molar-refractivity contribution < 1.29 is 64.6 Å². The molecule has 0 aromatic rings. The van der Waals surface area contributed by atoms with Crippen LogP contribution in [0.5, 0.6) is 0 Å². The maximum Gasteiger partial charge on any atom is 0.220 e. The average molecular weight is 1360 g/mol. The summed E-state index contributed by atoms with van der Waals surface area (Å²) in [6.45, 7) is 2.70. The monoisotopic (exact) mass is 1360 g/mol. The summed E-state index contributed by atoms with van der Waals surface area (Å²) in [7, 11) is 0. The molecule has 2 saturated heterocycles. The number of aliphatic hydroxyl groups is 8. The normalized spacial score (nSPS) is 22.9. The van der Waals surface area contributed by atoms with Crippen LogP contribution in [0.2, 0.25) is 0 Å². The summed E-state index contributed by atoms with van der Waals surface area (Å²) in [6, 6.07) is -0.935. The molecular formula is C83H141NO13. The van der Waals surface area contributed by atoms with E-state index in [1.165, 1.54) is 141 Å². The van der Waals surface area contributed by atoms with Gasteiger partial charge in [-0.2, -0.15) is 0 Å². The Hall–Kier alpha value is -3.87. The van der Waals surface area contributed by atoms with E-state index in [0.29, 0.717) is 6.42 Å². The largest absolute Gasteiger partial charge is 0.394 e. The van der Waals surface area contributed by atoms with Crippen LogP contribution in [-0.4, -0.2) is 140 Å². The highest BCUT2D eigenvalue weighted by molar-refractivity contribution is 5.76. The summed E-state index contributed by atoms with van der Waals surface area (Å²) in [4.78, 5) is 13.4. The first-order valence-corrected chi connectivity index (χ1v) is 38.9.